The van der Waals surface area contributed by atoms with Crippen LogP contribution in [0.25, 0.3) is 0 Å². The molecule has 4 heteroatoms. The molecule has 2 rings (SSSR count). The normalized spacial score (nSPS) is 19.3. The molecular weight excluding hydrogens is 364 g/mol. The Morgan fingerprint density at radius 2 is 2.10 bits per heavy atom. The van der Waals surface area contributed by atoms with Crippen LogP contribution >= 0.6 is 0 Å². The first-order chi connectivity index (χ1) is 13.9. The third-order valence-corrected chi connectivity index (χ3v) is 5.30. The van der Waals surface area contributed by atoms with Crippen LogP contribution in [0.4, 0.5) is 0 Å². The second kappa shape index (κ2) is 11.5. The van der Waals surface area contributed by atoms with Crippen molar-refractivity contribution in [2.75, 3.05) is 0 Å². The SMILES string of the molecule is CC1=C(O)[C@H](C/C(C)=C\CCC(C)/C=C\C=C(\C)CCCc2ccoc2)OC1=O. The molecule has 4 nitrogen and oxygen atoms in total. The number of rotatable bonds is 11. The first-order valence-corrected chi connectivity index (χ1v) is 10.5. The Hall–Kier alpha value is -2.49. The zero-order valence-electron chi connectivity index (χ0n) is 18.1. The van der Waals surface area contributed by atoms with Crippen LogP contribution in [0.1, 0.15) is 65.4 Å². The maximum atomic E-state index is 11.5. The number of esters is 1. The van der Waals surface area contributed by atoms with Gasteiger partial charge >= 0.3 is 5.97 Å². The highest BCUT2D eigenvalue weighted by Gasteiger charge is 2.31. The van der Waals surface area contributed by atoms with Crippen molar-refractivity contribution in [3.05, 3.63) is 70.9 Å². The average molecular weight is 399 g/mol. The smallest absolute Gasteiger partial charge is 0.338 e. The van der Waals surface area contributed by atoms with Crippen LogP contribution in [0.3, 0.4) is 0 Å². The van der Waals surface area contributed by atoms with E-state index in [-0.39, 0.29) is 5.76 Å². The van der Waals surface area contributed by atoms with Gasteiger partial charge in [0, 0.05) is 6.42 Å². The lowest BCUT2D eigenvalue weighted by molar-refractivity contribution is -0.140. The van der Waals surface area contributed by atoms with Crippen LogP contribution < -0.4 is 0 Å². The molecular formula is C25H34O4. The minimum Gasteiger partial charge on any atom is -0.508 e. The maximum absolute atomic E-state index is 11.5. The van der Waals surface area contributed by atoms with Crippen molar-refractivity contribution in [2.24, 2.45) is 5.92 Å². The quantitative estimate of drug-likeness (QED) is 0.259. The van der Waals surface area contributed by atoms with Crippen LogP contribution in [0.5, 0.6) is 0 Å². The van der Waals surface area contributed by atoms with E-state index in [1.165, 1.54) is 11.1 Å². The monoisotopic (exact) mass is 398 g/mol. The summed E-state index contributed by atoms with van der Waals surface area (Å²) in [4.78, 5) is 11.5. The van der Waals surface area contributed by atoms with Crippen LogP contribution in [0, 0.1) is 5.92 Å². The number of aliphatic hydroxyl groups excluding tert-OH is 1. The molecule has 1 aliphatic rings. The summed E-state index contributed by atoms with van der Waals surface area (Å²) in [6, 6.07) is 2.03. The highest BCUT2D eigenvalue weighted by atomic mass is 16.6. The molecule has 0 saturated heterocycles. The number of aliphatic hydroxyl groups is 1. The Labute approximate surface area is 174 Å². The van der Waals surface area contributed by atoms with Crippen molar-refractivity contribution in [2.45, 2.75) is 72.3 Å². The fraction of sp³-hybridized carbons (Fsp3) is 0.480. The fourth-order valence-corrected chi connectivity index (χ4v) is 3.32. The van der Waals surface area contributed by atoms with Gasteiger partial charge in [0.1, 0.15) is 5.76 Å². The number of carbonyl (C=O) groups excluding carboxylic acids is 1. The fourth-order valence-electron chi connectivity index (χ4n) is 3.32. The summed E-state index contributed by atoms with van der Waals surface area (Å²) in [7, 11) is 0. The Bertz CT molecular complexity index is 778. The number of hydrogen-bond acceptors (Lipinski definition) is 4. The molecule has 0 radical (unpaired) electrons. The summed E-state index contributed by atoms with van der Waals surface area (Å²) in [5, 5.41) is 9.92. The predicted octanol–water partition coefficient (Wildman–Crippen LogP) is 6.61. The van der Waals surface area contributed by atoms with E-state index in [1.807, 2.05) is 19.3 Å². The van der Waals surface area contributed by atoms with Gasteiger partial charge in [0.15, 0.2) is 6.10 Å². The Balaban J connectivity index is 1.65. The van der Waals surface area contributed by atoms with Crippen LogP contribution in [-0.2, 0) is 16.0 Å². The zero-order chi connectivity index (χ0) is 21.2. The third kappa shape index (κ3) is 7.80. The van der Waals surface area contributed by atoms with Gasteiger partial charge < -0.3 is 14.3 Å². The highest BCUT2D eigenvalue weighted by Crippen LogP contribution is 2.25. The number of aryl methyl sites for hydroxylation is 1. The first kappa shape index (κ1) is 22.8. The van der Waals surface area contributed by atoms with Crippen LogP contribution in [-0.4, -0.2) is 17.2 Å². The predicted molar refractivity (Wildman–Crippen MR) is 117 cm³/mol. The van der Waals surface area contributed by atoms with E-state index in [0.29, 0.717) is 17.9 Å². The van der Waals surface area contributed by atoms with E-state index >= 15 is 0 Å². The average Bonchev–Trinajstić information content (AvgIpc) is 3.27. The van der Waals surface area contributed by atoms with Crippen molar-refractivity contribution in [3.63, 3.8) is 0 Å². The van der Waals surface area contributed by atoms with E-state index in [1.54, 1.807) is 13.2 Å². The number of carbonyl (C=O) groups is 1. The first-order valence-electron chi connectivity index (χ1n) is 10.5. The number of hydrogen-bond donors (Lipinski definition) is 1. The van der Waals surface area contributed by atoms with Crippen molar-refractivity contribution in [1.29, 1.82) is 0 Å². The van der Waals surface area contributed by atoms with Gasteiger partial charge in [0.25, 0.3) is 0 Å². The largest absolute Gasteiger partial charge is 0.508 e. The van der Waals surface area contributed by atoms with Gasteiger partial charge in [0.05, 0.1) is 18.1 Å². The van der Waals surface area contributed by atoms with Crippen molar-refractivity contribution < 1.29 is 19.1 Å². The Kier molecular flexibility index (Phi) is 9.04. The standard InChI is InChI=1S/C25H34O4/c1-18(8-5-9-19(2)11-7-13-22-14-15-28-17-22)10-6-12-20(3)16-23-24(26)21(4)25(27)29-23/h5,8-9,12,14-15,17-18,23,26H,6-7,10-11,13,16H2,1-4H3/b8-5-,19-9-,20-12-/t18?,23-/m0/s1. The third-order valence-electron chi connectivity index (χ3n) is 5.30. The second-order valence-electron chi connectivity index (χ2n) is 8.10. The lowest BCUT2D eigenvalue weighted by Crippen LogP contribution is -2.12. The molecule has 0 spiro atoms. The summed E-state index contributed by atoms with van der Waals surface area (Å²) in [6.45, 7) is 8.02. The number of furan rings is 1. The molecule has 1 aliphatic heterocycles. The summed E-state index contributed by atoms with van der Waals surface area (Å²) >= 11 is 0. The highest BCUT2D eigenvalue weighted by molar-refractivity contribution is 5.91. The van der Waals surface area contributed by atoms with Gasteiger partial charge in [-0.25, -0.2) is 4.79 Å². The summed E-state index contributed by atoms with van der Waals surface area (Å²) < 4.78 is 10.3. The Morgan fingerprint density at radius 1 is 1.31 bits per heavy atom. The molecule has 1 unspecified atom stereocenters. The second-order valence-corrected chi connectivity index (χ2v) is 8.10. The van der Waals surface area contributed by atoms with Crippen LogP contribution in [0.15, 0.2) is 69.8 Å². The van der Waals surface area contributed by atoms with Crippen LogP contribution in [0.2, 0.25) is 0 Å². The van der Waals surface area contributed by atoms with Gasteiger partial charge in [-0.05, 0) is 70.4 Å². The maximum Gasteiger partial charge on any atom is 0.338 e. The van der Waals surface area contributed by atoms with E-state index in [9.17, 15) is 9.90 Å². The topological polar surface area (TPSA) is 59.7 Å². The molecule has 1 N–H and O–H groups in total. The molecule has 0 fully saturated rings. The molecule has 2 atom stereocenters. The van der Waals surface area contributed by atoms with E-state index in [0.717, 1.165) is 37.7 Å². The lowest BCUT2D eigenvalue weighted by Gasteiger charge is -2.11. The summed E-state index contributed by atoms with van der Waals surface area (Å²) in [6.07, 6.45) is 17.7. The van der Waals surface area contributed by atoms with E-state index < -0.39 is 12.1 Å². The number of ether oxygens (including phenoxy) is 1. The molecule has 158 valence electrons. The minimum absolute atomic E-state index is 0.0750. The molecule has 29 heavy (non-hydrogen) atoms. The Morgan fingerprint density at radius 3 is 2.76 bits per heavy atom. The molecule has 1 aromatic heterocycles. The molecule has 1 aromatic rings. The lowest BCUT2D eigenvalue weighted by atomic mass is 10.0. The molecule has 0 aromatic carbocycles. The molecule has 0 amide bonds. The molecule has 2 heterocycles. The van der Waals surface area contributed by atoms with Gasteiger partial charge in [-0.1, -0.05) is 42.4 Å². The summed E-state index contributed by atoms with van der Waals surface area (Å²) in [5.74, 6) is 0.156. The van der Waals surface area contributed by atoms with Gasteiger partial charge in [-0.2, -0.15) is 0 Å². The van der Waals surface area contributed by atoms with Crippen molar-refractivity contribution in [3.8, 4) is 0 Å². The van der Waals surface area contributed by atoms with Crippen molar-refractivity contribution in [1.82, 2.24) is 0 Å². The molecule has 0 saturated carbocycles. The molecule has 0 aliphatic carbocycles. The zero-order valence-corrected chi connectivity index (χ0v) is 18.1. The van der Waals surface area contributed by atoms with E-state index in [4.69, 9.17) is 9.15 Å². The minimum atomic E-state index is -0.516. The van der Waals surface area contributed by atoms with Gasteiger partial charge in [0.2, 0.25) is 0 Å². The van der Waals surface area contributed by atoms with Crippen molar-refractivity contribution >= 4 is 5.97 Å². The van der Waals surface area contributed by atoms with E-state index in [2.05, 4.69) is 38.2 Å². The molecule has 0 bridgehead atoms. The number of cyclic esters (lactones) is 1. The van der Waals surface area contributed by atoms with Gasteiger partial charge in [-0.15, -0.1) is 0 Å². The summed E-state index contributed by atoms with van der Waals surface area (Å²) in [5.41, 5.74) is 4.11. The van der Waals surface area contributed by atoms with Gasteiger partial charge in [-0.3, -0.25) is 0 Å². The number of allylic oxidation sites excluding steroid dienone is 5.